The monoisotopic (exact) mass is 340 g/mol. The summed E-state index contributed by atoms with van der Waals surface area (Å²) in [5, 5.41) is 2.94. The maximum absolute atomic E-state index is 12.4. The highest BCUT2D eigenvalue weighted by atomic mass is 16.6. The highest BCUT2D eigenvalue weighted by molar-refractivity contribution is 5.92. The molecular weight excluding hydrogens is 316 g/mol. The zero-order chi connectivity index (χ0) is 17.6. The summed E-state index contributed by atoms with van der Waals surface area (Å²) in [6.45, 7) is 7.13. The lowest BCUT2D eigenvalue weighted by Crippen LogP contribution is -2.32. The lowest BCUT2D eigenvalue weighted by atomic mass is 10.1. The third kappa shape index (κ3) is 4.73. The number of aryl methyl sites for hydroxylation is 1. The number of anilines is 1. The van der Waals surface area contributed by atoms with Crippen LogP contribution in [0.4, 0.5) is 5.69 Å². The number of fused-ring (bicyclic) bond motifs is 1. The molecule has 0 bridgehead atoms. The molecule has 1 aliphatic rings. The van der Waals surface area contributed by atoms with E-state index in [4.69, 9.17) is 9.47 Å². The summed E-state index contributed by atoms with van der Waals surface area (Å²) in [6, 6.07) is 13.9. The van der Waals surface area contributed by atoms with Crippen molar-refractivity contribution in [2.45, 2.75) is 20.4 Å². The quantitative estimate of drug-likeness (QED) is 0.877. The molecule has 1 amide bonds. The fraction of sp³-hybridized carbons (Fsp3) is 0.350. The number of nitrogens with one attached hydrogen (secondary N) is 1. The average molecular weight is 340 g/mol. The van der Waals surface area contributed by atoms with Gasteiger partial charge in [-0.05, 0) is 31.2 Å². The van der Waals surface area contributed by atoms with Crippen molar-refractivity contribution in [3.63, 3.8) is 0 Å². The van der Waals surface area contributed by atoms with E-state index in [1.54, 1.807) is 0 Å². The van der Waals surface area contributed by atoms with Gasteiger partial charge in [-0.3, -0.25) is 9.69 Å². The molecule has 132 valence electrons. The Labute approximate surface area is 148 Å². The Morgan fingerprint density at radius 2 is 1.80 bits per heavy atom. The van der Waals surface area contributed by atoms with E-state index in [0.717, 1.165) is 24.5 Å². The molecular formula is C20H24N2O3. The molecule has 0 fully saturated rings. The van der Waals surface area contributed by atoms with Gasteiger partial charge in [0.25, 0.3) is 0 Å². The van der Waals surface area contributed by atoms with Crippen LogP contribution in [-0.2, 0) is 11.3 Å². The third-order valence-corrected chi connectivity index (χ3v) is 4.17. The van der Waals surface area contributed by atoms with Crippen LogP contribution < -0.4 is 14.8 Å². The van der Waals surface area contributed by atoms with E-state index in [1.165, 1.54) is 11.1 Å². The number of rotatable bonds is 6. The van der Waals surface area contributed by atoms with E-state index in [0.29, 0.717) is 25.5 Å². The van der Waals surface area contributed by atoms with Crippen molar-refractivity contribution in [1.29, 1.82) is 0 Å². The van der Waals surface area contributed by atoms with E-state index in [1.807, 2.05) is 18.2 Å². The van der Waals surface area contributed by atoms with Crippen molar-refractivity contribution in [3.05, 3.63) is 53.6 Å². The Morgan fingerprint density at radius 1 is 1.08 bits per heavy atom. The van der Waals surface area contributed by atoms with Crippen LogP contribution in [0, 0.1) is 6.92 Å². The van der Waals surface area contributed by atoms with Gasteiger partial charge in [-0.25, -0.2) is 0 Å². The number of ether oxygens (including phenoxy) is 2. The van der Waals surface area contributed by atoms with Crippen LogP contribution in [0.15, 0.2) is 42.5 Å². The first kappa shape index (κ1) is 17.3. The number of likely N-dealkylation sites (N-methyl/N-ethyl adjacent to an activating group) is 1. The van der Waals surface area contributed by atoms with Gasteiger partial charge in [0, 0.05) is 18.3 Å². The minimum absolute atomic E-state index is 0.0364. The molecule has 0 unspecified atom stereocenters. The van der Waals surface area contributed by atoms with Crippen LogP contribution in [0.2, 0.25) is 0 Å². The smallest absolute Gasteiger partial charge is 0.238 e. The lowest BCUT2D eigenvalue weighted by Gasteiger charge is -2.21. The normalized spacial score (nSPS) is 12.9. The molecule has 1 heterocycles. The highest BCUT2D eigenvalue weighted by Gasteiger charge is 2.14. The van der Waals surface area contributed by atoms with E-state index in [2.05, 4.69) is 48.3 Å². The van der Waals surface area contributed by atoms with Gasteiger partial charge in [-0.15, -0.1) is 0 Å². The number of carbonyl (C=O) groups excluding carboxylic acids is 1. The number of hydrogen-bond acceptors (Lipinski definition) is 4. The largest absolute Gasteiger partial charge is 0.486 e. The molecule has 0 spiro atoms. The molecule has 25 heavy (non-hydrogen) atoms. The second-order valence-corrected chi connectivity index (χ2v) is 6.20. The molecule has 5 nitrogen and oxygen atoms in total. The van der Waals surface area contributed by atoms with Gasteiger partial charge >= 0.3 is 0 Å². The molecule has 3 rings (SSSR count). The molecule has 0 atom stereocenters. The molecule has 0 saturated carbocycles. The van der Waals surface area contributed by atoms with Gasteiger partial charge < -0.3 is 14.8 Å². The van der Waals surface area contributed by atoms with Gasteiger partial charge in [0.15, 0.2) is 11.5 Å². The van der Waals surface area contributed by atoms with E-state index >= 15 is 0 Å². The Kier molecular flexibility index (Phi) is 5.56. The topological polar surface area (TPSA) is 50.8 Å². The second kappa shape index (κ2) is 8.03. The number of amides is 1. The first-order chi connectivity index (χ1) is 12.1. The molecule has 0 saturated heterocycles. The highest BCUT2D eigenvalue weighted by Crippen LogP contribution is 2.32. The first-order valence-electron chi connectivity index (χ1n) is 8.61. The summed E-state index contributed by atoms with van der Waals surface area (Å²) < 4.78 is 11.0. The van der Waals surface area contributed by atoms with Crippen LogP contribution >= 0.6 is 0 Å². The Bertz CT molecular complexity index is 728. The summed E-state index contributed by atoms with van der Waals surface area (Å²) in [5.74, 6) is 1.36. The van der Waals surface area contributed by atoms with Gasteiger partial charge in [-0.2, -0.15) is 0 Å². The molecule has 0 radical (unpaired) electrons. The fourth-order valence-corrected chi connectivity index (χ4v) is 2.76. The van der Waals surface area contributed by atoms with E-state index in [9.17, 15) is 4.79 Å². The summed E-state index contributed by atoms with van der Waals surface area (Å²) in [5.41, 5.74) is 3.17. The predicted octanol–water partition coefficient (Wildman–Crippen LogP) is 3.23. The number of carbonyl (C=O) groups is 1. The SMILES string of the molecule is CCN(CC(=O)Nc1ccc2c(c1)OCCO2)Cc1ccc(C)cc1. The van der Waals surface area contributed by atoms with Crippen molar-refractivity contribution < 1.29 is 14.3 Å². The number of hydrogen-bond donors (Lipinski definition) is 1. The van der Waals surface area contributed by atoms with E-state index < -0.39 is 0 Å². The van der Waals surface area contributed by atoms with Crippen LogP contribution in [0.3, 0.4) is 0 Å². The summed E-state index contributed by atoms with van der Waals surface area (Å²) in [7, 11) is 0. The van der Waals surface area contributed by atoms with Gasteiger partial charge in [0.05, 0.1) is 6.54 Å². The van der Waals surface area contributed by atoms with Gasteiger partial charge in [0.2, 0.25) is 5.91 Å². The maximum atomic E-state index is 12.4. The Morgan fingerprint density at radius 3 is 2.52 bits per heavy atom. The van der Waals surface area contributed by atoms with Crippen LogP contribution in [0.5, 0.6) is 11.5 Å². The van der Waals surface area contributed by atoms with Crippen LogP contribution in [-0.4, -0.2) is 37.1 Å². The lowest BCUT2D eigenvalue weighted by molar-refractivity contribution is -0.117. The first-order valence-corrected chi connectivity index (χ1v) is 8.61. The molecule has 2 aromatic carbocycles. The molecule has 1 N–H and O–H groups in total. The Balaban J connectivity index is 1.57. The fourth-order valence-electron chi connectivity index (χ4n) is 2.76. The second-order valence-electron chi connectivity index (χ2n) is 6.20. The Hall–Kier alpha value is -2.53. The summed E-state index contributed by atoms with van der Waals surface area (Å²) in [4.78, 5) is 14.5. The standard InChI is InChI=1S/C20H24N2O3/c1-3-22(13-16-6-4-15(2)5-7-16)14-20(23)21-17-8-9-18-19(12-17)25-11-10-24-18/h4-9,12H,3,10-11,13-14H2,1-2H3,(H,21,23). The van der Waals surface area contributed by atoms with Crippen molar-refractivity contribution >= 4 is 11.6 Å². The molecule has 0 aliphatic carbocycles. The van der Waals surface area contributed by atoms with Crippen LogP contribution in [0.25, 0.3) is 0 Å². The minimum Gasteiger partial charge on any atom is -0.486 e. The maximum Gasteiger partial charge on any atom is 0.238 e. The zero-order valence-corrected chi connectivity index (χ0v) is 14.7. The minimum atomic E-state index is -0.0364. The predicted molar refractivity (Wildman–Crippen MR) is 98.2 cm³/mol. The van der Waals surface area contributed by atoms with Gasteiger partial charge in [0.1, 0.15) is 13.2 Å². The molecule has 0 aromatic heterocycles. The van der Waals surface area contributed by atoms with Crippen molar-refractivity contribution in [1.82, 2.24) is 4.90 Å². The third-order valence-electron chi connectivity index (χ3n) is 4.17. The average Bonchev–Trinajstić information content (AvgIpc) is 2.63. The van der Waals surface area contributed by atoms with Crippen LogP contribution in [0.1, 0.15) is 18.1 Å². The molecule has 1 aliphatic heterocycles. The zero-order valence-electron chi connectivity index (χ0n) is 14.7. The number of nitrogens with zero attached hydrogens (tertiary/aromatic N) is 1. The molecule has 2 aromatic rings. The van der Waals surface area contributed by atoms with Gasteiger partial charge in [-0.1, -0.05) is 36.8 Å². The van der Waals surface area contributed by atoms with E-state index in [-0.39, 0.29) is 5.91 Å². The van der Waals surface area contributed by atoms with Crippen molar-refractivity contribution in [2.24, 2.45) is 0 Å². The summed E-state index contributed by atoms with van der Waals surface area (Å²) in [6.07, 6.45) is 0. The molecule has 5 heteroatoms. The van der Waals surface area contributed by atoms with Crippen molar-refractivity contribution in [2.75, 3.05) is 31.6 Å². The summed E-state index contributed by atoms with van der Waals surface area (Å²) >= 11 is 0. The van der Waals surface area contributed by atoms with Crippen molar-refractivity contribution in [3.8, 4) is 11.5 Å². The number of benzene rings is 2.